The van der Waals surface area contributed by atoms with Gasteiger partial charge in [0.05, 0.1) is 20.8 Å². The number of hydrogen-bond acceptors (Lipinski definition) is 5. The summed E-state index contributed by atoms with van der Waals surface area (Å²) in [5.74, 6) is 0. The maximum absolute atomic E-state index is 9.05. The zero-order valence-corrected chi connectivity index (χ0v) is 15.1. The van der Waals surface area contributed by atoms with E-state index >= 15 is 0 Å². The number of hydrogen-bond donors (Lipinski definition) is 0. The summed E-state index contributed by atoms with van der Waals surface area (Å²) in [5, 5.41) is 10.3. The Balaban J connectivity index is 1.55. The molecule has 1 aliphatic heterocycles. The van der Waals surface area contributed by atoms with E-state index in [1.807, 2.05) is 6.07 Å². The van der Waals surface area contributed by atoms with E-state index in [1.54, 1.807) is 23.7 Å². The van der Waals surface area contributed by atoms with Gasteiger partial charge in [0.25, 0.3) is 0 Å². The third-order valence-corrected chi connectivity index (χ3v) is 6.01. The summed E-state index contributed by atoms with van der Waals surface area (Å²) in [6.45, 7) is 4.64. The van der Waals surface area contributed by atoms with Gasteiger partial charge in [-0.25, -0.2) is 4.98 Å². The van der Waals surface area contributed by atoms with Crippen LogP contribution in [0.1, 0.15) is 30.3 Å². The molecule has 1 fully saturated rings. The molecule has 0 spiro atoms. The number of nitriles is 1. The molecule has 0 saturated carbocycles. The Bertz CT molecular complexity index is 940. The second kappa shape index (κ2) is 6.91. The number of aromatic nitrogens is 2. The van der Waals surface area contributed by atoms with Gasteiger partial charge < -0.3 is 4.90 Å². The summed E-state index contributed by atoms with van der Waals surface area (Å²) in [6.07, 6.45) is 7.05. The summed E-state index contributed by atoms with van der Waals surface area (Å²) in [4.78, 5) is 11.5. The minimum Gasteiger partial charge on any atom is -0.300 e. The molecule has 0 amide bonds. The summed E-state index contributed by atoms with van der Waals surface area (Å²) in [5.41, 5.74) is 3.70. The SMILES string of the molecule is CC1CCCN1CCc1nc2ccc(-c3cncc(C#N)c3)cc2s1. The molecule has 0 radical (unpaired) electrons. The molecule has 3 heterocycles. The average molecular weight is 348 g/mol. The van der Waals surface area contributed by atoms with Gasteiger partial charge in [-0.2, -0.15) is 5.26 Å². The Kier molecular flexibility index (Phi) is 4.48. The Labute approximate surface area is 151 Å². The molecule has 1 saturated heterocycles. The minimum atomic E-state index is 0.585. The van der Waals surface area contributed by atoms with Gasteiger partial charge in [0.2, 0.25) is 0 Å². The molecule has 4 nitrogen and oxygen atoms in total. The van der Waals surface area contributed by atoms with Crippen molar-refractivity contribution < 1.29 is 0 Å². The second-order valence-electron chi connectivity index (χ2n) is 6.64. The zero-order chi connectivity index (χ0) is 17.2. The number of nitrogens with zero attached hydrogens (tertiary/aromatic N) is 4. The van der Waals surface area contributed by atoms with Crippen molar-refractivity contribution in [2.45, 2.75) is 32.2 Å². The van der Waals surface area contributed by atoms with Crippen LogP contribution in [0, 0.1) is 11.3 Å². The van der Waals surface area contributed by atoms with Crippen molar-refractivity contribution in [2.75, 3.05) is 13.1 Å². The molecule has 0 bridgehead atoms. The molecule has 1 aliphatic rings. The number of likely N-dealkylation sites (tertiary alicyclic amines) is 1. The van der Waals surface area contributed by atoms with Crippen LogP contribution >= 0.6 is 11.3 Å². The van der Waals surface area contributed by atoms with Crippen molar-refractivity contribution in [1.82, 2.24) is 14.9 Å². The van der Waals surface area contributed by atoms with E-state index < -0.39 is 0 Å². The summed E-state index contributed by atoms with van der Waals surface area (Å²) < 4.78 is 1.20. The van der Waals surface area contributed by atoms with Gasteiger partial charge in [-0.15, -0.1) is 11.3 Å². The summed E-state index contributed by atoms with van der Waals surface area (Å²) >= 11 is 1.78. The monoisotopic (exact) mass is 348 g/mol. The van der Waals surface area contributed by atoms with Crippen LogP contribution < -0.4 is 0 Å². The molecule has 1 aromatic carbocycles. The maximum atomic E-state index is 9.05. The van der Waals surface area contributed by atoms with Crippen molar-refractivity contribution in [3.05, 3.63) is 47.2 Å². The number of pyridine rings is 1. The first-order valence-corrected chi connectivity index (χ1v) is 9.53. The molecule has 5 heteroatoms. The van der Waals surface area contributed by atoms with Gasteiger partial charge in [0.15, 0.2) is 0 Å². The van der Waals surface area contributed by atoms with Gasteiger partial charge in [-0.1, -0.05) is 6.07 Å². The van der Waals surface area contributed by atoms with Crippen LogP contribution in [0.3, 0.4) is 0 Å². The first-order chi connectivity index (χ1) is 12.2. The molecule has 0 aliphatic carbocycles. The van der Waals surface area contributed by atoms with E-state index in [0.29, 0.717) is 11.6 Å². The largest absolute Gasteiger partial charge is 0.300 e. The van der Waals surface area contributed by atoms with Crippen molar-refractivity contribution in [3.63, 3.8) is 0 Å². The zero-order valence-electron chi connectivity index (χ0n) is 14.3. The van der Waals surface area contributed by atoms with Crippen LogP contribution in [0.2, 0.25) is 0 Å². The Morgan fingerprint density at radius 1 is 1.28 bits per heavy atom. The van der Waals surface area contributed by atoms with Gasteiger partial charge in [-0.3, -0.25) is 4.98 Å². The lowest BCUT2D eigenvalue weighted by Gasteiger charge is -2.19. The first-order valence-electron chi connectivity index (χ1n) is 8.72. The van der Waals surface area contributed by atoms with E-state index in [4.69, 9.17) is 10.2 Å². The van der Waals surface area contributed by atoms with Crippen LogP contribution in [0.15, 0.2) is 36.7 Å². The van der Waals surface area contributed by atoms with E-state index in [0.717, 1.165) is 29.6 Å². The summed E-state index contributed by atoms with van der Waals surface area (Å²) in [6, 6.07) is 11.0. The molecule has 1 unspecified atom stereocenters. The highest BCUT2D eigenvalue weighted by Gasteiger charge is 2.20. The highest BCUT2D eigenvalue weighted by Crippen LogP contribution is 2.29. The van der Waals surface area contributed by atoms with Crippen LogP contribution in [-0.2, 0) is 6.42 Å². The standard InChI is InChI=1S/C20H20N4S/c1-14-3-2-7-24(14)8-6-20-23-18-5-4-16(10-19(18)25-20)17-9-15(11-21)12-22-13-17/h4-5,9-10,12-14H,2-3,6-8H2,1H3. The molecular weight excluding hydrogens is 328 g/mol. The van der Waals surface area contributed by atoms with Crippen molar-refractivity contribution in [2.24, 2.45) is 0 Å². The molecule has 1 atom stereocenters. The van der Waals surface area contributed by atoms with E-state index in [1.165, 1.54) is 29.1 Å². The topological polar surface area (TPSA) is 52.8 Å². The van der Waals surface area contributed by atoms with Gasteiger partial charge in [0.1, 0.15) is 6.07 Å². The van der Waals surface area contributed by atoms with Crippen LogP contribution in [0.4, 0.5) is 0 Å². The van der Waals surface area contributed by atoms with Crippen LogP contribution in [-0.4, -0.2) is 34.0 Å². The van der Waals surface area contributed by atoms with Gasteiger partial charge >= 0.3 is 0 Å². The fourth-order valence-corrected chi connectivity index (χ4v) is 4.48. The maximum Gasteiger partial charge on any atom is 0.101 e. The number of rotatable bonds is 4. The van der Waals surface area contributed by atoms with Crippen LogP contribution in [0.5, 0.6) is 0 Å². The lowest BCUT2D eigenvalue weighted by Crippen LogP contribution is -2.28. The second-order valence-corrected chi connectivity index (χ2v) is 7.76. The highest BCUT2D eigenvalue weighted by molar-refractivity contribution is 7.18. The molecule has 4 rings (SSSR count). The normalized spacial score (nSPS) is 17.8. The van der Waals surface area contributed by atoms with E-state index in [-0.39, 0.29) is 0 Å². The summed E-state index contributed by atoms with van der Waals surface area (Å²) in [7, 11) is 0. The van der Waals surface area contributed by atoms with E-state index in [2.05, 4.69) is 41.1 Å². The van der Waals surface area contributed by atoms with Crippen molar-refractivity contribution in [3.8, 4) is 17.2 Å². The molecule has 2 aromatic heterocycles. The third kappa shape index (κ3) is 3.41. The molecule has 3 aromatic rings. The number of fused-ring (bicyclic) bond motifs is 1. The quantitative estimate of drug-likeness (QED) is 0.707. The predicted molar refractivity (Wildman–Crippen MR) is 102 cm³/mol. The first kappa shape index (κ1) is 16.2. The smallest absolute Gasteiger partial charge is 0.101 e. The minimum absolute atomic E-state index is 0.585. The molecule has 25 heavy (non-hydrogen) atoms. The fraction of sp³-hybridized carbons (Fsp3) is 0.350. The van der Waals surface area contributed by atoms with Crippen molar-refractivity contribution in [1.29, 1.82) is 5.26 Å². The molecular formula is C20H20N4S. The van der Waals surface area contributed by atoms with Gasteiger partial charge in [0, 0.05) is 37.0 Å². The molecule has 126 valence electrons. The third-order valence-electron chi connectivity index (χ3n) is 4.94. The lowest BCUT2D eigenvalue weighted by atomic mass is 10.1. The van der Waals surface area contributed by atoms with E-state index in [9.17, 15) is 0 Å². The predicted octanol–water partition coefficient (Wildman–Crippen LogP) is 4.26. The van der Waals surface area contributed by atoms with Crippen molar-refractivity contribution >= 4 is 21.6 Å². The number of thiazole rings is 1. The highest BCUT2D eigenvalue weighted by atomic mass is 32.1. The Morgan fingerprint density at radius 2 is 2.20 bits per heavy atom. The Morgan fingerprint density at radius 3 is 3.00 bits per heavy atom. The van der Waals surface area contributed by atoms with Crippen LogP contribution in [0.25, 0.3) is 21.3 Å². The Hall–Kier alpha value is -2.29. The van der Waals surface area contributed by atoms with Gasteiger partial charge in [-0.05, 0) is 50.1 Å². The number of benzene rings is 1. The lowest BCUT2D eigenvalue weighted by molar-refractivity contribution is 0.272. The fourth-order valence-electron chi connectivity index (χ4n) is 3.48. The molecule has 0 N–H and O–H groups in total. The average Bonchev–Trinajstić information content (AvgIpc) is 3.24.